The molecule has 0 saturated heterocycles. The molecule has 0 radical (unpaired) electrons. The van der Waals surface area contributed by atoms with E-state index in [-0.39, 0.29) is 12.5 Å². The summed E-state index contributed by atoms with van der Waals surface area (Å²) in [7, 11) is 0. The van der Waals surface area contributed by atoms with Gasteiger partial charge < -0.3 is 10.1 Å². The molecule has 144 valence electrons. The summed E-state index contributed by atoms with van der Waals surface area (Å²) in [6, 6.07) is 23.8. The molecule has 0 bridgehead atoms. The highest BCUT2D eigenvalue weighted by Crippen LogP contribution is 2.24. The number of hydrogen-bond acceptors (Lipinski definition) is 5. The number of nitrogens with zero attached hydrogens (tertiary/aromatic N) is 4. The second kappa shape index (κ2) is 8.53. The van der Waals surface area contributed by atoms with E-state index in [1.807, 2.05) is 42.5 Å². The van der Waals surface area contributed by atoms with Gasteiger partial charge in [-0.1, -0.05) is 41.9 Å². The van der Waals surface area contributed by atoms with Gasteiger partial charge in [-0.2, -0.15) is 4.80 Å². The summed E-state index contributed by atoms with van der Waals surface area (Å²) in [4.78, 5) is 13.5. The van der Waals surface area contributed by atoms with E-state index in [1.165, 1.54) is 4.80 Å². The Morgan fingerprint density at radius 3 is 2.38 bits per heavy atom. The molecule has 1 aromatic heterocycles. The Bertz CT molecular complexity index is 1110. The Kier molecular flexibility index (Phi) is 5.49. The van der Waals surface area contributed by atoms with Crippen molar-refractivity contribution >= 4 is 23.2 Å². The van der Waals surface area contributed by atoms with Crippen LogP contribution in [0.1, 0.15) is 0 Å². The Balaban J connectivity index is 1.36. The lowest BCUT2D eigenvalue weighted by Crippen LogP contribution is -2.20. The normalized spacial score (nSPS) is 10.5. The quantitative estimate of drug-likeness (QED) is 0.513. The van der Waals surface area contributed by atoms with Gasteiger partial charge in [0.15, 0.2) is 0 Å². The fraction of sp³-hybridized carbons (Fsp3) is 0.0476. The van der Waals surface area contributed by atoms with Crippen LogP contribution in [0.25, 0.3) is 11.4 Å². The lowest BCUT2D eigenvalue weighted by Gasteiger charge is -2.07. The van der Waals surface area contributed by atoms with Crippen LogP contribution in [0.5, 0.6) is 11.5 Å². The Hall–Kier alpha value is -3.71. The summed E-state index contributed by atoms with van der Waals surface area (Å²) < 4.78 is 5.73. The molecule has 0 unspecified atom stereocenters. The largest absolute Gasteiger partial charge is 0.457 e. The molecule has 0 fully saturated rings. The molecule has 1 amide bonds. The standard InChI is InChI=1S/C21H16ClN5O2/c22-19-9-5-4-8-18(19)21-24-26-27(25-21)14-20(28)23-15-10-12-17(13-11-15)29-16-6-2-1-3-7-16/h1-13H,14H2,(H,23,28). The average Bonchev–Trinajstić information content (AvgIpc) is 3.18. The van der Waals surface area contributed by atoms with Crippen LogP contribution in [0.15, 0.2) is 78.9 Å². The van der Waals surface area contributed by atoms with Gasteiger partial charge in [-0.05, 0) is 53.7 Å². The third-order valence-electron chi connectivity index (χ3n) is 3.97. The third-order valence-corrected chi connectivity index (χ3v) is 4.30. The maximum Gasteiger partial charge on any atom is 0.248 e. The van der Waals surface area contributed by atoms with E-state index in [1.54, 1.807) is 36.4 Å². The van der Waals surface area contributed by atoms with E-state index in [0.29, 0.717) is 27.8 Å². The third kappa shape index (κ3) is 4.77. The van der Waals surface area contributed by atoms with Crippen molar-refractivity contribution in [3.63, 3.8) is 0 Å². The summed E-state index contributed by atoms with van der Waals surface area (Å²) in [5.74, 6) is 1.52. The second-order valence-corrected chi connectivity index (χ2v) is 6.52. The number of hydrogen-bond donors (Lipinski definition) is 1. The average molecular weight is 406 g/mol. The van der Waals surface area contributed by atoms with E-state index < -0.39 is 0 Å². The van der Waals surface area contributed by atoms with Crippen LogP contribution in [0.4, 0.5) is 5.69 Å². The molecule has 29 heavy (non-hydrogen) atoms. The van der Waals surface area contributed by atoms with E-state index >= 15 is 0 Å². The molecule has 0 aliphatic heterocycles. The predicted molar refractivity (Wildman–Crippen MR) is 110 cm³/mol. The van der Waals surface area contributed by atoms with Gasteiger partial charge in [0, 0.05) is 11.3 Å². The van der Waals surface area contributed by atoms with Gasteiger partial charge in [-0.15, -0.1) is 10.2 Å². The number of rotatable bonds is 6. The summed E-state index contributed by atoms with van der Waals surface area (Å²) in [5.41, 5.74) is 1.30. The Morgan fingerprint density at radius 2 is 1.62 bits per heavy atom. The zero-order valence-electron chi connectivity index (χ0n) is 15.2. The van der Waals surface area contributed by atoms with Crippen LogP contribution < -0.4 is 10.1 Å². The van der Waals surface area contributed by atoms with Gasteiger partial charge >= 0.3 is 0 Å². The maximum absolute atomic E-state index is 12.3. The summed E-state index contributed by atoms with van der Waals surface area (Å²) in [6.45, 7) is -0.0697. The Labute approximate surface area is 171 Å². The maximum atomic E-state index is 12.3. The fourth-order valence-electron chi connectivity index (χ4n) is 2.62. The minimum atomic E-state index is -0.273. The number of tetrazole rings is 1. The topological polar surface area (TPSA) is 81.9 Å². The number of carbonyl (C=O) groups excluding carboxylic acids is 1. The smallest absolute Gasteiger partial charge is 0.248 e. The van der Waals surface area contributed by atoms with Crippen molar-refractivity contribution in [1.29, 1.82) is 0 Å². The molecule has 0 aliphatic rings. The van der Waals surface area contributed by atoms with Crippen molar-refractivity contribution in [3.05, 3.63) is 83.9 Å². The van der Waals surface area contributed by atoms with Crippen molar-refractivity contribution in [1.82, 2.24) is 20.2 Å². The summed E-state index contributed by atoms with van der Waals surface area (Å²) in [6.07, 6.45) is 0. The number of benzene rings is 3. The monoisotopic (exact) mass is 405 g/mol. The highest BCUT2D eigenvalue weighted by atomic mass is 35.5. The first kappa shape index (κ1) is 18.6. The molecule has 0 aliphatic carbocycles. The molecular formula is C21H16ClN5O2. The van der Waals surface area contributed by atoms with Crippen molar-refractivity contribution < 1.29 is 9.53 Å². The van der Waals surface area contributed by atoms with E-state index in [4.69, 9.17) is 16.3 Å². The van der Waals surface area contributed by atoms with Crippen molar-refractivity contribution in [2.45, 2.75) is 6.54 Å². The van der Waals surface area contributed by atoms with Crippen LogP contribution in [-0.4, -0.2) is 26.1 Å². The van der Waals surface area contributed by atoms with Crippen molar-refractivity contribution in [2.75, 3.05) is 5.32 Å². The number of para-hydroxylation sites is 1. The van der Waals surface area contributed by atoms with Crippen LogP contribution in [0.2, 0.25) is 5.02 Å². The van der Waals surface area contributed by atoms with Gasteiger partial charge in [0.1, 0.15) is 18.0 Å². The summed E-state index contributed by atoms with van der Waals surface area (Å²) >= 11 is 6.14. The zero-order valence-corrected chi connectivity index (χ0v) is 16.0. The highest BCUT2D eigenvalue weighted by Gasteiger charge is 2.12. The Morgan fingerprint density at radius 1 is 0.931 bits per heavy atom. The number of anilines is 1. The van der Waals surface area contributed by atoms with Gasteiger partial charge in [0.2, 0.25) is 11.7 Å². The first-order chi connectivity index (χ1) is 14.2. The first-order valence-corrected chi connectivity index (χ1v) is 9.21. The molecule has 4 aromatic rings. The molecule has 1 N–H and O–H groups in total. The number of ether oxygens (including phenoxy) is 1. The van der Waals surface area contributed by atoms with Crippen LogP contribution >= 0.6 is 11.6 Å². The van der Waals surface area contributed by atoms with Crippen molar-refractivity contribution in [2.24, 2.45) is 0 Å². The molecule has 4 rings (SSSR count). The van der Waals surface area contributed by atoms with Gasteiger partial charge in [0.05, 0.1) is 5.02 Å². The zero-order chi connectivity index (χ0) is 20.1. The second-order valence-electron chi connectivity index (χ2n) is 6.11. The highest BCUT2D eigenvalue weighted by molar-refractivity contribution is 6.33. The molecule has 8 heteroatoms. The minimum absolute atomic E-state index is 0.0697. The molecule has 1 heterocycles. The fourth-order valence-corrected chi connectivity index (χ4v) is 2.84. The molecule has 0 saturated carbocycles. The first-order valence-electron chi connectivity index (χ1n) is 8.83. The van der Waals surface area contributed by atoms with E-state index in [0.717, 1.165) is 5.75 Å². The van der Waals surface area contributed by atoms with Crippen LogP contribution in [-0.2, 0) is 11.3 Å². The van der Waals surface area contributed by atoms with Gasteiger partial charge in [-0.3, -0.25) is 4.79 Å². The molecule has 0 atom stereocenters. The van der Waals surface area contributed by atoms with Gasteiger partial charge in [-0.25, -0.2) is 0 Å². The number of amides is 1. The van der Waals surface area contributed by atoms with E-state index in [2.05, 4.69) is 20.7 Å². The number of nitrogens with one attached hydrogen (secondary N) is 1. The SMILES string of the molecule is O=C(Cn1nnc(-c2ccccc2Cl)n1)Nc1ccc(Oc2ccccc2)cc1. The molecule has 0 spiro atoms. The van der Waals surface area contributed by atoms with Crippen LogP contribution in [0.3, 0.4) is 0 Å². The lowest BCUT2D eigenvalue weighted by atomic mass is 10.2. The number of carbonyl (C=O) groups is 1. The number of aromatic nitrogens is 4. The van der Waals surface area contributed by atoms with E-state index in [9.17, 15) is 4.79 Å². The molecule has 7 nitrogen and oxygen atoms in total. The lowest BCUT2D eigenvalue weighted by molar-refractivity contribution is -0.117. The predicted octanol–water partition coefficient (Wildman–Crippen LogP) is 4.42. The molecular weight excluding hydrogens is 390 g/mol. The minimum Gasteiger partial charge on any atom is -0.457 e. The van der Waals surface area contributed by atoms with Crippen LogP contribution in [0, 0.1) is 0 Å². The molecule has 3 aromatic carbocycles. The number of halogens is 1. The van der Waals surface area contributed by atoms with Crippen molar-refractivity contribution in [3.8, 4) is 22.9 Å². The van der Waals surface area contributed by atoms with Gasteiger partial charge in [0.25, 0.3) is 0 Å². The summed E-state index contributed by atoms with van der Waals surface area (Å²) in [5, 5.41) is 15.4.